The summed E-state index contributed by atoms with van der Waals surface area (Å²) >= 11 is 6.10. The minimum atomic E-state index is -0.408. The van der Waals surface area contributed by atoms with E-state index in [9.17, 15) is 14.0 Å². The minimum Gasteiger partial charge on any atom is -0.349 e. The molecule has 4 N–H and O–H groups in total. The van der Waals surface area contributed by atoms with Crippen molar-refractivity contribution in [1.29, 1.82) is 0 Å². The minimum absolute atomic E-state index is 0.0119. The second-order valence-corrected chi connectivity index (χ2v) is 8.14. The van der Waals surface area contributed by atoms with Gasteiger partial charge >= 0.3 is 0 Å². The van der Waals surface area contributed by atoms with Crippen LogP contribution in [0.5, 0.6) is 0 Å². The number of tetrazole rings is 1. The second kappa shape index (κ2) is 9.35. The maximum atomic E-state index is 13.4. The topological polar surface area (TPSA) is 128 Å². The van der Waals surface area contributed by atoms with Gasteiger partial charge in [0.2, 0.25) is 5.91 Å². The van der Waals surface area contributed by atoms with Crippen LogP contribution in [0.25, 0.3) is 22.3 Å². The molecule has 0 atom stereocenters. The number of hydrogen-bond acceptors (Lipinski definition) is 5. The number of aromatic amines is 2. The van der Waals surface area contributed by atoms with Crippen molar-refractivity contribution in [3.63, 3.8) is 0 Å². The van der Waals surface area contributed by atoms with Crippen molar-refractivity contribution in [3.8, 4) is 11.4 Å². The number of amides is 2. The fourth-order valence-electron chi connectivity index (χ4n) is 3.69. The number of nitrogens with zero attached hydrogens (tertiary/aromatic N) is 3. The molecule has 0 bridgehead atoms. The van der Waals surface area contributed by atoms with Crippen LogP contribution in [0.4, 0.5) is 15.8 Å². The summed E-state index contributed by atoms with van der Waals surface area (Å²) in [6.07, 6.45) is 0.0119. The van der Waals surface area contributed by atoms with E-state index in [0.29, 0.717) is 38.9 Å². The quantitative estimate of drug-likeness (QED) is 0.277. The predicted octanol–water partition coefficient (Wildman–Crippen LogP) is 4.57. The molecule has 0 aliphatic carbocycles. The lowest BCUT2D eigenvalue weighted by molar-refractivity contribution is -0.115. The summed E-state index contributed by atoms with van der Waals surface area (Å²) in [4.78, 5) is 28.6. The van der Waals surface area contributed by atoms with E-state index < -0.39 is 11.7 Å². The molecule has 2 aromatic heterocycles. The van der Waals surface area contributed by atoms with Gasteiger partial charge in [0.1, 0.15) is 11.5 Å². The lowest BCUT2D eigenvalue weighted by Crippen LogP contribution is -2.15. The van der Waals surface area contributed by atoms with Crippen LogP contribution in [0.3, 0.4) is 0 Å². The van der Waals surface area contributed by atoms with Crippen LogP contribution in [0.15, 0.2) is 66.7 Å². The van der Waals surface area contributed by atoms with Gasteiger partial charge in [-0.15, -0.1) is 5.10 Å². The van der Waals surface area contributed by atoms with Crippen LogP contribution in [0.2, 0.25) is 5.02 Å². The molecule has 0 saturated heterocycles. The fourth-order valence-corrected chi connectivity index (χ4v) is 3.87. The molecule has 0 spiro atoms. The Hall–Kier alpha value is -4.57. The van der Waals surface area contributed by atoms with Gasteiger partial charge in [-0.25, -0.2) is 9.49 Å². The van der Waals surface area contributed by atoms with Crippen LogP contribution in [0, 0.1) is 5.82 Å². The summed E-state index contributed by atoms with van der Waals surface area (Å²) in [6.45, 7) is 0. The van der Waals surface area contributed by atoms with E-state index in [4.69, 9.17) is 11.6 Å². The van der Waals surface area contributed by atoms with E-state index in [-0.39, 0.29) is 18.0 Å². The van der Waals surface area contributed by atoms with Crippen LogP contribution < -0.4 is 10.6 Å². The van der Waals surface area contributed by atoms with Gasteiger partial charge in [-0.3, -0.25) is 9.59 Å². The number of rotatable bonds is 6. The van der Waals surface area contributed by atoms with Gasteiger partial charge in [-0.05, 0) is 58.5 Å². The Kier molecular flexibility index (Phi) is 5.94. The van der Waals surface area contributed by atoms with E-state index in [1.807, 2.05) is 6.07 Å². The van der Waals surface area contributed by atoms with Crippen LogP contribution in [-0.4, -0.2) is 37.4 Å². The van der Waals surface area contributed by atoms with Gasteiger partial charge in [-0.1, -0.05) is 35.9 Å². The monoisotopic (exact) mass is 489 g/mol. The largest absolute Gasteiger partial charge is 0.349 e. The van der Waals surface area contributed by atoms with E-state index in [1.165, 1.54) is 12.1 Å². The standard InChI is InChI=1S/C24H17ClFN7O2/c25-15-7-8-18(17(12-15)23-30-32-33-31-23)29-24(35)20-11-14-4-2-6-19(22(14)28-20)27-21(34)10-13-3-1-5-16(26)9-13/h1-9,11-12,28H,10H2,(H,27,34)(H,29,35)(H,30,31,32,33). The maximum absolute atomic E-state index is 13.4. The molecule has 11 heteroatoms. The first kappa shape index (κ1) is 22.2. The van der Waals surface area contributed by atoms with Crippen LogP contribution in [-0.2, 0) is 11.2 Å². The van der Waals surface area contributed by atoms with E-state index >= 15 is 0 Å². The number of aromatic nitrogens is 5. The van der Waals surface area contributed by atoms with Crippen molar-refractivity contribution >= 4 is 45.7 Å². The molecular weight excluding hydrogens is 473 g/mol. The average Bonchev–Trinajstić information content (AvgIpc) is 3.51. The van der Waals surface area contributed by atoms with Gasteiger partial charge in [-0.2, -0.15) is 0 Å². The predicted molar refractivity (Wildman–Crippen MR) is 130 cm³/mol. The third kappa shape index (κ3) is 4.87. The molecule has 5 rings (SSSR count). The maximum Gasteiger partial charge on any atom is 0.272 e. The average molecular weight is 490 g/mol. The van der Waals surface area contributed by atoms with Gasteiger partial charge in [0.25, 0.3) is 5.91 Å². The van der Waals surface area contributed by atoms with Crippen molar-refractivity contribution in [3.05, 3.63) is 88.8 Å². The first-order chi connectivity index (χ1) is 17.0. The molecular formula is C24H17ClFN7O2. The molecule has 0 radical (unpaired) electrons. The summed E-state index contributed by atoms with van der Waals surface area (Å²) in [6, 6.07) is 17.8. The molecule has 0 aliphatic heterocycles. The Bertz CT molecular complexity index is 1550. The third-order valence-electron chi connectivity index (χ3n) is 5.26. The Morgan fingerprint density at radius 2 is 1.83 bits per heavy atom. The van der Waals surface area contributed by atoms with Crippen molar-refractivity contribution in [2.24, 2.45) is 0 Å². The Morgan fingerprint density at radius 3 is 2.63 bits per heavy atom. The number of benzene rings is 3. The van der Waals surface area contributed by atoms with E-state index in [0.717, 1.165) is 5.39 Å². The Balaban J connectivity index is 1.37. The first-order valence-electron chi connectivity index (χ1n) is 10.5. The summed E-state index contributed by atoms with van der Waals surface area (Å²) in [5.41, 5.74) is 2.91. The number of hydrogen-bond donors (Lipinski definition) is 4. The zero-order valence-electron chi connectivity index (χ0n) is 18.0. The van der Waals surface area contributed by atoms with Crippen LogP contribution in [0.1, 0.15) is 16.1 Å². The number of carbonyl (C=O) groups is 2. The van der Waals surface area contributed by atoms with E-state index in [2.05, 4.69) is 36.2 Å². The van der Waals surface area contributed by atoms with Gasteiger partial charge in [0.15, 0.2) is 5.82 Å². The lowest BCUT2D eigenvalue weighted by atomic mass is 10.1. The molecule has 35 heavy (non-hydrogen) atoms. The number of halogens is 2. The fraction of sp³-hybridized carbons (Fsp3) is 0.0417. The zero-order chi connectivity index (χ0) is 24.4. The highest BCUT2D eigenvalue weighted by Crippen LogP contribution is 2.29. The highest BCUT2D eigenvalue weighted by atomic mass is 35.5. The summed E-state index contributed by atoms with van der Waals surface area (Å²) < 4.78 is 13.4. The zero-order valence-corrected chi connectivity index (χ0v) is 18.7. The molecule has 9 nitrogen and oxygen atoms in total. The van der Waals surface area contributed by atoms with Gasteiger partial charge in [0, 0.05) is 16.0 Å². The number of H-pyrrole nitrogens is 2. The van der Waals surface area contributed by atoms with Crippen molar-refractivity contribution < 1.29 is 14.0 Å². The van der Waals surface area contributed by atoms with Crippen molar-refractivity contribution in [2.75, 3.05) is 10.6 Å². The SMILES string of the molecule is O=C(Cc1cccc(F)c1)Nc1cccc2cc(C(=O)Nc3ccc(Cl)cc3-c3nnn[nH]3)[nH]c12. The number of anilines is 2. The number of carbonyl (C=O) groups excluding carboxylic acids is 2. The molecule has 0 fully saturated rings. The highest BCUT2D eigenvalue weighted by molar-refractivity contribution is 6.31. The van der Waals surface area contributed by atoms with E-state index in [1.54, 1.807) is 48.5 Å². The Morgan fingerprint density at radius 1 is 0.971 bits per heavy atom. The van der Waals surface area contributed by atoms with Gasteiger partial charge < -0.3 is 15.6 Å². The normalized spacial score (nSPS) is 10.9. The molecule has 5 aromatic rings. The smallest absolute Gasteiger partial charge is 0.272 e. The molecule has 0 saturated carbocycles. The molecule has 0 aliphatic rings. The van der Waals surface area contributed by atoms with Crippen LogP contribution >= 0.6 is 11.6 Å². The third-order valence-corrected chi connectivity index (χ3v) is 5.49. The van der Waals surface area contributed by atoms with Crippen molar-refractivity contribution in [2.45, 2.75) is 6.42 Å². The number of para-hydroxylation sites is 1. The summed E-state index contributed by atoms with van der Waals surface area (Å²) in [7, 11) is 0. The van der Waals surface area contributed by atoms with Crippen molar-refractivity contribution in [1.82, 2.24) is 25.6 Å². The molecule has 0 unspecified atom stereocenters. The highest BCUT2D eigenvalue weighted by Gasteiger charge is 2.17. The lowest BCUT2D eigenvalue weighted by Gasteiger charge is -2.09. The Labute approximate surface area is 202 Å². The molecule has 2 amide bonds. The molecule has 174 valence electrons. The summed E-state index contributed by atoms with van der Waals surface area (Å²) in [5.74, 6) is -0.770. The number of nitrogens with one attached hydrogen (secondary N) is 4. The summed E-state index contributed by atoms with van der Waals surface area (Å²) in [5, 5.41) is 20.5. The molecule has 3 aromatic carbocycles. The second-order valence-electron chi connectivity index (χ2n) is 7.70. The first-order valence-corrected chi connectivity index (χ1v) is 10.8. The molecule has 2 heterocycles. The number of fused-ring (bicyclic) bond motifs is 1. The van der Waals surface area contributed by atoms with Gasteiger partial charge in [0.05, 0.1) is 23.3 Å².